The molecular weight excluding hydrogens is 244 g/mol. The van der Waals surface area contributed by atoms with Crippen LogP contribution in [0.25, 0.3) is 22.2 Å². The maximum absolute atomic E-state index is 11.1. The molecule has 0 radical (unpaired) electrons. The van der Waals surface area contributed by atoms with E-state index >= 15 is 0 Å². The van der Waals surface area contributed by atoms with Gasteiger partial charge in [-0.1, -0.05) is 24.3 Å². The number of phenols is 1. The van der Waals surface area contributed by atoms with Crippen LogP contribution in [-0.4, -0.2) is 26.4 Å². The number of aromatic hydroxyl groups is 1. The number of aromatic amines is 1. The molecule has 0 aliphatic carbocycles. The highest BCUT2D eigenvalue weighted by atomic mass is 16.4. The molecule has 0 fully saturated rings. The first kappa shape index (κ1) is 11.3. The van der Waals surface area contributed by atoms with Gasteiger partial charge in [-0.2, -0.15) is 5.10 Å². The smallest absolute Gasteiger partial charge is 0.337 e. The summed E-state index contributed by atoms with van der Waals surface area (Å²) in [5.74, 6) is -0.861. The Morgan fingerprint density at radius 3 is 2.68 bits per heavy atom. The minimum Gasteiger partial charge on any atom is -0.508 e. The van der Waals surface area contributed by atoms with Crippen LogP contribution in [0.3, 0.4) is 0 Å². The number of hydrogen-bond donors (Lipinski definition) is 3. The van der Waals surface area contributed by atoms with Gasteiger partial charge in [-0.3, -0.25) is 5.10 Å². The number of fused-ring (bicyclic) bond motifs is 1. The quantitative estimate of drug-likeness (QED) is 0.656. The molecule has 1 aromatic heterocycles. The number of aromatic carboxylic acids is 1. The summed E-state index contributed by atoms with van der Waals surface area (Å²) in [5.41, 5.74) is 2.01. The molecule has 3 N–H and O–H groups in total. The van der Waals surface area contributed by atoms with E-state index in [0.29, 0.717) is 16.6 Å². The average Bonchev–Trinajstić information content (AvgIpc) is 2.82. The van der Waals surface area contributed by atoms with Crippen molar-refractivity contribution in [2.45, 2.75) is 0 Å². The van der Waals surface area contributed by atoms with Gasteiger partial charge in [-0.05, 0) is 18.2 Å². The highest BCUT2D eigenvalue weighted by Gasteiger charge is 2.14. The zero-order valence-corrected chi connectivity index (χ0v) is 9.79. The van der Waals surface area contributed by atoms with E-state index in [1.165, 1.54) is 6.07 Å². The fourth-order valence-electron chi connectivity index (χ4n) is 2.09. The maximum Gasteiger partial charge on any atom is 0.337 e. The summed E-state index contributed by atoms with van der Waals surface area (Å²) in [7, 11) is 0. The second-order valence-electron chi connectivity index (χ2n) is 4.16. The summed E-state index contributed by atoms with van der Waals surface area (Å²) in [5, 5.41) is 26.2. The molecule has 0 atom stereocenters. The molecule has 0 amide bonds. The molecule has 3 rings (SSSR count). The average molecular weight is 254 g/mol. The number of phenolic OH excluding ortho intramolecular Hbond substituents is 1. The molecule has 0 aliphatic rings. The predicted molar refractivity (Wildman–Crippen MR) is 70.2 cm³/mol. The number of carboxylic acid groups (broad SMARTS) is 1. The molecule has 0 saturated heterocycles. The van der Waals surface area contributed by atoms with Gasteiger partial charge in [0.05, 0.1) is 11.1 Å². The van der Waals surface area contributed by atoms with E-state index in [1.807, 2.05) is 6.07 Å². The minimum atomic E-state index is -1.00. The van der Waals surface area contributed by atoms with Crippen molar-refractivity contribution < 1.29 is 15.0 Å². The zero-order chi connectivity index (χ0) is 13.4. The Hall–Kier alpha value is -2.82. The van der Waals surface area contributed by atoms with E-state index in [2.05, 4.69) is 10.2 Å². The number of benzene rings is 2. The molecule has 0 bridgehead atoms. The van der Waals surface area contributed by atoms with E-state index in [4.69, 9.17) is 5.11 Å². The number of para-hydroxylation sites is 1. The fourth-order valence-corrected chi connectivity index (χ4v) is 2.09. The van der Waals surface area contributed by atoms with Gasteiger partial charge >= 0.3 is 5.97 Å². The first-order valence-corrected chi connectivity index (χ1v) is 5.66. The van der Waals surface area contributed by atoms with Gasteiger partial charge in [0.15, 0.2) is 0 Å². The van der Waals surface area contributed by atoms with Crippen molar-refractivity contribution in [3.8, 4) is 17.0 Å². The lowest BCUT2D eigenvalue weighted by Crippen LogP contribution is -1.96. The largest absolute Gasteiger partial charge is 0.508 e. The number of nitrogens with one attached hydrogen (secondary N) is 1. The first-order valence-electron chi connectivity index (χ1n) is 5.66. The van der Waals surface area contributed by atoms with Gasteiger partial charge in [0.25, 0.3) is 0 Å². The zero-order valence-electron chi connectivity index (χ0n) is 9.79. The van der Waals surface area contributed by atoms with Crippen molar-refractivity contribution in [3.63, 3.8) is 0 Å². The summed E-state index contributed by atoms with van der Waals surface area (Å²) in [6.07, 6.45) is 0. The molecule has 19 heavy (non-hydrogen) atoms. The lowest BCUT2D eigenvalue weighted by Gasteiger charge is -2.00. The molecule has 0 spiro atoms. The van der Waals surface area contributed by atoms with Crippen LogP contribution in [0, 0.1) is 0 Å². The second-order valence-corrected chi connectivity index (χ2v) is 4.16. The Balaban J connectivity index is 2.27. The highest BCUT2D eigenvalue weighted by molar-refractivity contribution is 6.05. The third-order valence-corrected chi connectivity index (χ3v) is 2.95. The molecule has 0 saturated carbocycles. The number of carbonyl (C=O) groups is 1. The van der Waals surface area contributed by atoms with E-state index in [0.717, 1.165) is 5.56 Å². The van der Waals surface area contributed by atoms with Crippen LogP contribution < -0.4 is 0 Å². The number of hydrogen-bond acceptors (Lipinski definition) is 3. The Morgan fingerprint density at radius 1 is 1.16 bits per heavy atom. The van der Waals surface area contributed by atoms with Gasteiger partial charge in [0, 0.05) is 10.9 Å². The summed E-state index contributed by atoms with van der Waals surface area (Å²) in [4.78, 5) is 11.1. The van der Waals surface area contributed by atoms with Gasteiger partial charge in [-0.25, -0.2) is 4.79 Å². The van der Waals surface area contributed by atoms with Crippen molar-refractivity contribution in [1.29, 1.82) is 0 Å². The Bertz CT molecular complexity index is 777. The van der Waals surface area contributed by atoms with Crippen molar-refractivity contribution in [2.75, 3.05) is 0 Å². The number of rotatable bonds is 2. The van der Waals surface area contributed by atoms with Crippen molar-refractivity contribution in [1.82, 2.24) is 10.2 Å². The number of nitrogens with zero attached hydrogens (tertiary/aromatic N) is 1. The third-order valence-electron chi connectivity index (χ3n) is 2.95. The van der Waals surface area contributed by atoms with Crippen LogP contribution in [0.1, 0.15) is 10.4 Å². The van der Waals surface area contributed by atoms with E-state index in [9.17, 15) is 9.90 Å². The normalized spacial score (nSPS) is 10.7. The molecule has 3 aromatic rings. The molecule has 1 heterocycles. The summed E-state index contributed by atoms with van der Waals surface area (Å²) in [6.45, 7) is 0. The third kappa shape index (κ3) is 1.81. The van der Waals surface area contributed by atoms with Crippen molar-refractivity contribution >= 4 is 16.9 Å². The van der Waals surface area contributed by atoms with Crippen molar-refractivity contribution in [2.24, 2.45) is 0 Å². The topological polar surface area (TPSA) is 86.2 Å². The molecule has 2 aromatic carbocycles. The van der Waals surface area contributed by atoms with Gasteiger partial charge in [0.1, 0.15) is 11.4 Å². The highest BCUT2D eigenvalue weighted by Crippen LogP contribution is 2.29. The van der Waals surface area contributed by atoms with E-state index < -0.39 is 5.97 Å². The predicted octanol–water partition coefficient (Wildman–Crippen LogP) is 2.63. The number of H-pyrrole nitrogens is 1. The fraction of sp³-hybridized carbons (Fsp3) is 0. The van der Waals surface area contributed by atoms with Crippen molar-refractivity contribution in [3.05, 3.63) is 48.0 Å². The molecule has 5 nitrogen and oxygen atoms in total. The molecule has 94 valence electrons. The Kier molecular flexibility index (Phi) is 2.45. The van der Waals surface area contributed by atoms with Crippen LogP contribution in [-0.2, 0) is 0 Å². The second kappa shape index (κ2) is 4.13. The monoisotopic (exact) mass is 254 g/mol. The summed E-state index contributed by atoms with van der Waals surface area (Å²) in [6, 6.07) is 11.7. The van der Waals surface area contributed by atoms with E-state index in [1.54, 1.807) is 30.3 Å². The molecule has 0 aliphatic heterocycles. The van der Waals surface area contributed by atoms with Crippen LogP contribution in [0.5, 0.6) is 5.75 Å². The van der Waals surface area contributed by atoms with Crippen LogP contribution >= 0.6 is 0 Å². The standard InChI is InChI=1S/C14H10N2O3/c17-9-4-1-3-8(7-9)12-10-5-2-6-11(14(18)19)13(10)16-15-12/h1-7,17H,(H,15,16)(H,18,19). The lowest BCUT2D eigenvalue weighted by atomic mass is 10.1. The number of carboxylic acids is 1. The molecule has 0 unspecified atom stereocenters. The Labute approximate surface area is 108 Å². The molecular formula is C14H10N2O3. The van der Waals surface area contributed by atoms with Gasteiger partial charge < -0.3 is 10.2 Å². The van der Waals surface area contributed by atoms with Crippen LogP contribution in [0.4, 0.5) is 0 Å². The summed E-state index contributed by atoms with van der Waals surface area (Å²) < 4.78 is 0. The van der Waals surface area contributed by atoms with Gasteiger partial charge in [-0.15, -0.1) is 0 Å². The summed E-state index contributed by atoms with van der Waals surface area (Å²) >= 11 is 0. The van der Waals surface area contributed by atoms with E-state index in [-0.39, 0.29) is 11.3 Å². The minimum absolute atomic E-state index is 0.142. The lowest BCUT2D eigenvalue weighted by molar-refractivity contribution is 0.0699. The van der Waals surface area contributed by atoms with Gasteiger partial charge in [0.2, 0.25) is 0 Å². The van der Waals surface area contributed by atoms with Crippen LogP contribution in [0.2, 0.25) is 0 Å². The first-order chi connectivity index (χ1) is 9.16. The maximum atomic E-state index is 11.1. The number of aromatic nitrogens is 2. The SMILES string of the molecule is O=C(O)c1cccc2c(-c3cccc(O)c3)n[nH]c12. The Morgan fingerprint density at radius 2 is 1.95 bits per heavy atom. The molecule has 5 heteroatoms. The van der Waals surface area contributed by atoms with Crippen LogP contribution in [0.15, 0.2) is 42.5 Å².